The maximum Gasteiger partial charge on any atom is 0.251 e. The van der Waals surface area contributed by atoms with Gasteiger partial charge in [0.2, 0.25) is 5.91 Å². The second-order valence-corrected chi connectivity index (χ2v) is 8.14. The quantitative estimate of drug-likeness (QED) is 0.656. The molecular weight excluding hydrogens is 381 g/mol. The van der Waals surface area contributed by atoms with E-state index in [2.05, 4.69) is 39.8 Å². The van der Waals surface area contributed by atoms with Crippen LogP contribution in [-0.2, 0) is 17.8 Å². The fourth-order valence-electron chi connectivity index (χ4n) is 3.73. The van der Waals surface area contributed by atoms with Crippen LogP contribution in [0.1, 0.15) is 41.8 Å². The molecule has 2 aromatic carbocycles. The number of carbonyl (C=O) groups is 2. The van der Waals surface area contributed by atoms with E-state index in [9.17, 15) is 14.0 Å². The van der Waals surface area contributed by atoms with Crippen molar-refractivity contribution in [3.63, 3.8) is 0 Å². The van der Waals surface area contributed by atoms with E-state index in [1.165, 1.54) is 35.4 Å². The Morgan fingerprint density at radius 2 is 1.77 bits per heavy atom. The van der Waals surface area contributed by atoms with Crippen LogP contribution in [-0.4, -0.2) is 42.4 Å². The molecule has 1 aliphatic heterocycles. The molecular formula is C24H30FN3O2. The summed E-state index contributed by atoms with van der Waals surface area (Å²) in [6.45, 7) is 7.25. The van der Waals surface area contributed by atoms with Crippen molar-refractivity contribution in [1.82, 2.24) is 15.5 Å². The van der Waals surface area contributed by atoms with Gasteiger partial charge in [0, 0.05) is 31.7 Å². The van der Waals surface area contributed by atoms with E-state index in [1.54, 1.807) is 0 Å². The molecule has 0 spiro atoms. The maximum atomic E-state index is 13.1. The lowest BCUT2D eigenvalue weighted by Gasteiger charge is -2.28. The summed E-state index contributed by atoms with van der Waals surface area (Å²) in [6, 6.07) is 13.2. The zero-order chi connectivity index (χ0) is 21.5. The Labute approximate surface area is 177 Å². The number of amides is 2. The summed E-state index contributed by atoms with van der Waals surface area (Å²) in [5.41, 5.74) is 3.15. The first-order valence-electron chi connectivity index (χ1n) is 10.6. The highest BCUT2D eigenvalue weighted by Gasteiger charge is 2.24. The molecule has 30 heavy (non-hydrogen) atoms. The molecule has 2 amide bonds. The minimum absolute atomic E-state index is 0.0620. The summed E-state index contributed by atoms with van der Waals surface area (Å²) in [5, 5.41) is 5.72. The van der Waals surface area contributed by atoms with Gasteiger partial charge in [-0.3, -0.25) is 14.5 Å². The molecule has 0 saturated carbocycles. The Kier molecular flexibility index (Phi) is 7.57. The Bertz CT molecular complexity index is 867. The third-order valence-corrected chi connectivity index (χ3v) is 5.50. The van der Waals surface area contributed by atoms with Gasteiger partial charge in [-0.15, -0.1) is 0 Å². The highest BCUT2D eigenvalue weighted by Crippen LogP contribution is 2.18. The van der Waals surface area contributed by atoms with Crippen LogP contribution in [0.15, 0.2) is 48.5 Å². The number of rotatable bonds is 8. The highest BCUT2D eigenvalue weighted by molar-refractivity contribution is 5.97. The summed E-state index contributed by atoms with van der Waals surface area (Å²) >= 11 is 0. The molecule has 6 heteroatoms. The van der Waals surface area contributed by atoms with Gasteiger partial charge in [0.1, 0.15) is 11.9 Å². The van der Waals surface area contributed by atoms with Gasteiger partial charge in [0.15, 0.2) is 0 Å². The average Bonchev–Trinajstić information content (AvgIpc) is 2.75. The smallest absolute Gasteiger partial charge is 0.251 e. The van der Waals surface area contributed by atoms with Crippen LogP contribution in [0.3, 0.4) is 0 Å². The largest absolute Gasteiger partial charge is 0.354 e. The molecule has 0 unspecified atom stereocenters. The SMILES string of the molecule is CC(C)[C@@H](NC(=O)c1ccc(F)cc1)C(=O)NCCCN1CCc2ccccc2C1. The number of fused-ring (bicyclic) bond motifs is 1. The van der Waals surface area contributed by atoms with Crippen LogP contribution in [0.2, 0.25) is 0 Å². The summed E-state index contributed by atoms with van der Waals surface area (Å²) in [4.78, 5) is 27.4. The lowest BCUT2D eigenvalue weighted by atomic mass is 10.00. The summed E-state index contributed by atoms with van der Waals surface area (Å²) in [7, 11) is 0. The lowest BCUT2D eigenvalue weighted by molar-refractivity contribution is -0.123. The Morgan fingerprint density at radius 3 is 2.47 bits per heavy atom. The van der Waals surface area contributed by atoms with Crippen molar-refractivity contribution in [2.75, 3.05) is 19.6 Å². The maximum absolute atomic E-state index is 13.1. The van der Waals surface area contributed by atoms with Crippen LogP contribution in [0.4, 0.5) is 4.39 Å². The molecule has 2 aromatic rings. The van der Waals surface area contributed by atoms with Gasteiger partial charge in [-0.2, -0.15) is 0 Å². The zero-order valence-electron chi connectivity index (χ0n) is 17.7. The average molecular weight is 412 g/mol. The van der Waals surface area contributed by atoms with Crippen molar-refractivity contribution in [2.24, 2.45) is 5.92 Å². The normalized spacial score (nSPS) is 14.8. The molecule has 1 aliphatic rings. The molecule has 1 heterocycles. The topological polar surface area (TPSA) is 61.4 Å². The Balaban J connectivity index is 1.44. The van der Waals surface area contributed by atoms with E-state index < -0.39 is 11.9 Å². The molecule has 0 radical (unpaired) electrons. The Hall–Kier alpha value is -2.73. The number of carbonyl (C=O) groups excluding carboxylic acids is 2. The van der Waals surface area contributed by atoms with Crippen molar-refractivity contribution >= 4 is 11.8 Å². The van der Waals surface area contributed by atoms with Crippen molar-refractivity contribution in [1.29, 1.82) is 0 Å². The minimum atomic E-state index is -0.635. The van der Waals surface area contributed by atoms with Gasteiger partial charge < -0.3 is 10.6 Å². The molecule has 160 valence electrons. The first kappa shape index (κ1) is 22.0. The molecule has 0 saturated heterocycles. The van der Waals surface area contributed by atoms with Crippen LogP contribution < -0.4 is 10.6 Å². The van der Waals surface area contributed by atoms with Gasteiger partial charge >= 0.3 is 0 Å². The van der Waals surface area contributed by atoms with Crippen LogP contribution in [0.5, 0.6) is 0 Å². The summed E-state index contributed by atoms with van der Waals surface area (Å²) in [6.07, 6.45) is 1.91. The van der Waals surface area contributed by atoms with E-state index in [0.717, 1.165) is 32.5 Å². The summed E-state index contributed by atoms with van der Waals surface area (Å²) in [5.74, 6) is -1.03. The molecule has 0 aliphatic carbocycles. The van der Waals surface area contributed by atoms with Crippen LogP contribution >= 0.6 is 0 Å². The monoisotopic (exact) mass is 411 g/mol. The van der Waals surface area contributed by atoms with Crippen LogP contribution in [0.25, 0.3) is 0 Å². The van der Waals surface area contributed by atoms with E-state index in [4.69, 9.17) is 0 Å². The first-order valence-corrected chi connectivity index (χ1v) is 10.6. The van der Waals surface area contributed by atoms with Crippen molar-refractivity contribution in [3.8, 4) is 0 Å². The number of hydrogen-bond donors (Lipinski definition) is 2. The molecule has 2 N–H and O–H groups in total. The molecule has 5 nitrogen and oxygen atoms in total. The first-order chi connectivity index (χ1) is 14.4. The number of nitrogens with zero attached hydrogens (tertiary/aromatic N) is 1. The molecule has 0 fully saturated rings. The van der Waals surface area contributed by atoms with Crippen LogP contribution in [0, 0.1) is 11.7 Å². The predicted molar refractivity (Wildman–Crippen MR) is 116 cm³/mol. The van der Waals surface area contributed by atoms with Crippen molar-refractivity contribution < 1.29 is 14.0 Å². The standard InChI is InChI=1S/C24H30FN3O2/c1-17(2)22(27-23(29)19-8-10-21(25)11-9-19)24(30)26-13-5-14-28-15-12-18-6-3-4-7-20(18)16-28/h3-4,6-11,17,22H,5,12-16H2,1-2H3,(H,26,30)(H,27,29)/t22-/m1/s1. The number of halogens is 1. The van der Waals surface area contributed by atoms with Gasteiger partial charge in [-0.25, -0.2) is 4.39 Å². The van der Waals surface area contributed by atoms with Gasteiger partial charge in [-0.05, 0) is 54.2 Å². The second-order valence-electron chi connectivity index (χ2n) is 8.14. The van der Waals surface area contributed by atoms with Gasteiger partial charge in [-0.1, -0.05) is 38.1 Å². The van der Waals surface area contributed by atoms with E-state index >= 15 is 0 Å². The van der Waals surface area contributed by atoms with Crippen molar-refractivity contribution in [3.05, 3.63) is 71.0 Å². The minimum Gasteiger partial charge on any atom is -0.354 e. The van der Waals surface area contributed by atoms with E-state index in [0.29, 0.717) is 12.1 Å². The highest BCUT2D eigenvalue weighted by atomic mass is 19.1. The van der Waals surface area contributed by atoms with E-state index in [1.807, 2.05) is 13.8 Å². The molecule has 1 atom stereocenters. The summed E-state index contributed by atoms with van der Waals surface area (Å²) < 4.78 is 13.1. The number of nitrogens with one attached hydrogen (secondary N) is 2. The van der Waals surface area contributed by atoms with Crippen molar-refractivity contribution in [2.45, 2.75) is 39.3 Å². The Morgan fingerprint density at radius 1 is 1.07 bits per heavy atom. The third kappa shape index (κ3) is 5.89. The zero-order valence-corrected chi connectivity index (χ0v) is 17.7. The second kappa shape index (κ2) is 10.3. The number of hydrogen-bond acceptors (Lipinski definition) is 3. The van der Waals surface area contributed by atoms with E-state index in [-0.39, 0.29) is 17.7 Å². The number of benzene rings is 2. The molecule has 0 bridgehead atoms. The lowest BCUT2D eigenvalue weighted by Crippen LogP contribution is -2.50. The molecule has 0 aromatic heterocycles. The fourth-order valence-corrected chi connectivity index (χ4v) is 3.73. The molecule has 3 rings (SSSR count). The third-order valence-electron chi connectivity index (χ3n) is 5.50. The fraction of sp³-hybridized carbons (Fsp3) is 0.417. The predicted octanol–water partition coefficient (Wildman–Crippen LogP) is 3.14. The van der Waals surface area contributed by atoms with Gasteiger partial charge in [0.25, 0.3) is 5.91 Å². The van der Waals surface area contributed by atoms with Gasteiger partial charge in [0.05, 0.1) is 0 Å².